The van der Waals surface area contributed by atoms with E-state index in [1.807, 2.05) is 37.3 Å². The van der Waals surface area contributed by atoms with Crippen molar-refractivity contribution in [2.45, 2.75) is 25.7 Å². The molecule has 5 atom stereocenters. The predicted octanol–water partition coefficient (Wildman–Crippen LogP) is 3.15. The lowest BCUT2D eigenvalue weighted by atomic mass is 9.73. The van der Waals surface area contributed by atoms with Crippen LogP contribution in [-0.4, -0.2) is 41.6 Å². The maximum atomic E-state index is 13.1. The predicted molar refractivity (Wildman–Crippen MR) is 116 cm³/mol. The number of carbonyl (C=O) groups excluding carboxylic acids is 4. The van der Waals surface area contributed by atoms with Crippen LogP contribution in [0.15, 0.2) is 54.6 Å². The quantitative estimate of drug-likeness (QED) is 0.399. The third-order valence-electron chi connectivity index (χ3n) is 7.36. The van der Waals surface area contributed by atoms with E-state index in [0.717, 1.165) is 23.3 Å². The number of hydrogen-bond donors (Lipinski definition) is 0. The summed E-state index contributed by atoms with van der Waals surface area (Å²) < 4.78 is 5.09. The van der Waals surface area contributed by atoms with Crippen LogP contribution < -0.4 is 0 Å². The van der Waals surface area contributed by atoms with E-state index in [2.05, 4.69) is 12.1 Å². The molecule has 0 radical (unpaired) electrons. The van der Waals surface area contributed by atoms with Crippen molar-refractivity contribution < 1.29 is 23.9 Å². The number of benzene rings is 2. The van der Waals surface area contributed by atoms with Crippen molar-refractivity contribution in [2.24, 2.45) is 23.7 Å². The molecule has 164 valence electrons. The Hall–Kier alpha value is -3.28. The molecule has 2 aromatic rings. The Kier molecular flexibility index (Phi) is 5.16. The highest BCUT2D eigenvalue weighted by Crippen LogP contribution is 2.61. The molecule has 32 heavy (non-hydrogen) atoms. The number of esters is 1. The first-order valence-corrected chi connectivity index (χ1v) is 11.1. The van der Waals surface area contributed by atoms with E-state index in [1.54, 1.807) is 12.1 Å². The summed E-state index contributed by atoms with van der Waals surface area (Å²) in [6.45, 7) is 1.08. The maximum Gasteiger partial charge on any atom is 0.326 e. The summed E-state index contributed by atoms with van der Waals surface area (Å²) in [6.07, 6.45) is 1.79. The highest BCUT2D eigenvalue weighted by Gasteiger charge is 2.64. The summed E-state index contributed by atoms with van der Waals surface area (Å²) in [4.78, 5) is 51.7. The smallest absolute Gasteiger partial charge is 0.326 e. The molecule has 3 fully saturated rings. The van der Waals surface area contributed by atoms with Gasteiger partial charge in [-0.1, -0.05) is 60.2 Å². The first-order chi connectivity index (χ1) is 15.4. The number of hydrogen-bond acceptors (Lipinski definition) is 5. The van der Waals surface area contributed by atoms with Crippen molar-refractivity contribution >= 4 is 23.6 Å². The second-order valence-corrected chi connectivity index (χ2v) is 9.18. The average Bonchev–Trinajstić information content (AvgIpc) is 3.46. The van der Waals surface area contributed by atoms with E-state index in [-0.39, 0.29) is 47.2 Å². The van der Waals surface area contributed by atoms with Crippen LogP contribution in [0.2, 0.25) is 0 Å². The summed E-state index contributed by atoms with van der Waals surface area (Å²) >= 11 is 0. The molecule has 0 aromatic heterocycles. The Morgan fingerprint density at radius 2 is 1.62 bits per heavy atom. The van der Waals surface area contributed by atoms with Gasteiger partial charge in [0.05, 0.1) is 11.8 Å². The van der Waals surface area contributed by atoms with Crippen LogP contribution in [-0.2, 0) is 19.1 Å². The number of carbonyl (C=O) groups is 4. The molecule has 0 unspecified atom stereocenters. The zero-order valence-corrected chi connectivity index (χ0v) is 17.9. The van der Waals surface area contributed by atoms with Gasteiger partial charge in [-0.05, 0) is 43.1 Å². The molecule has 1 aliphatic heterocycles. The topological polar surface area (TPSA) is 80.8 Å². The van der Waals surface area contributed by atoms with Gasteiger partial charge in [-0.25, -0.2) is 0 Å². The minimum Gasteiger partial charge on any atom is -0.456 e. The number of ether oxygens (including phenoxy) is 1. The van der Waals surface area contributed by atoms with E-state index < -0.39 is 19.1 Å². The van der Waals surface area contributed by atoms with Gasteiger partial charge in [-0.15, -0.1) is 0 Å². The summed E-state index contributed by atoms with van der Waals surface area (Å²) in [7, 11) is 0. The zero-order valence-electron chi connectivity index (χ0n) is 17.9. The van der Waals surface area contributed by atoms with E-state index in [9.17, 15) is 19.2 Å². The van der Waals surface area contributed by atoms with Crippen LogP contribution in [0, 0.1) is 30.6 Å². The maximum absolute atomic E-state index is 13.1. The summed E-state index contributed by atoms with van der Waals surface area (Å²) in [5.41, 5.74) is 2.69. The van der Waals surface area contributed by atoms with Crippen LogP contribution in [0.25, 0.3) is 0 Å². The number of likely N-dealkylation sites (tertiary alicyclic amines) is 1. The number of fused-ring (bicyclic) bond motifs is 5. The molecule has 2 bridgehead atoms. The number of rotatable bonds is 6. The van der Waals surface area contributed by atoms with Crippen molar-refractivity contribution in [3.8, 4) is 0 Å². The van der Waals surface area contributed by atoms with Crippen LogP contribution in [0.3, 0.4) is 0 Å². The van der Waals surface area contributed by atoms with E-state index in [4.69, 9.17) is 4.74 Å². The van der Waals surface area contributed by atoms with Gasteiger partial charge in [0, 0.05) is 5.56 Å². The lowest BCUT2D eigenvalue weighted by molar-refractivity contribution is -0.152. The number of amides is 2. The number of imide groups is 1. The van der Waals surface area contributed by atoms with Crippen LogP contribution in [0.5, 0.6) is 0 Å². The molecule has 2 amide bonds. The van der Waals surface area contributed by atoms with Gasteiger partial charge in [0.1, 0.15) is 6.54 Å². The number of nitrogens with zero attached hydrogens (tertiary/aromatic N) is 1. The molecule has 0 N–H and O–H groups in total. The van der Waals surface area contributed by atoms with Gasteiger partial charge < -0.3 is 4.74 Å². The van der Waals surface area contributed by atoms with Crippen molar-refractivity contribution in [2.75, 3.05) is 13.2 Å². The Balaban J connectivity index is 1.22. The van der Waals surface area contributed by atoms with E-state index in [0.29, 0.717) is 5.56 Å². The minimum absolute atomic E-state index is 0.132. The summed E-state index contributed by atoms with van der Waals surface area (Å²) in [6, 6.07) is 17.1. The largest absolute Gasteiger partial charge is 0.456 e. The number of ketones is 1. The van der Waals surface area contributed by atoms with E-state index in [1.165, 1.54) is 5.56 Å². The van der Waals surface area contributed by atoms with Gasteiger partial charge in [-0.3, -0.25) is 24.1 Å². The molecule has 2 aromatic carbocycles. The molecule has 5 rings (SSSR count). The second-order valence-electron chi connectivity index (χ2n) is 9.18. The first kappa shape index (κ1) is 20.6. The zero-order chi connectivity index (χ0) is 22.4. The minimum atomic E-state index is -0.737. The molecule has 6 heteroatoms. The Labute approximate surface area is 186 Å². The Bertz CT molecular complexity index is 1080. The Morgan fingerprint density at radius 1 is 0.938 bits per heavy atom. The van der Waals surface area contributed by atoms with Crippen molar-refractivity contribution in [3.63, 3.8) is 0 Å². The first-order valence-electron chi connectivity index (χ1n) is 11.1. The fraction of sp³-hybridized carbons (Fsp3) is 0.385. The van der Waals surface area contributed by atoms with Gasteiger partial charge in [0.15, 0.2) is 12.4 Å². The molecule has 2 saturated carbocycles. The molecule has 1 heterocycles. The highest BCUT2D eigenvalue weighted by atomic mass is 16.5. The third kappa shape index (κ3) is 3.44. The van der Waals surface area contributed by atoms with Gasteiger partial charge in [0.25, 0.3) is 0 Å². The van der Waals surface area contributed by atoms with Gasteiger partial charge >= 0.3 is 5.97 Å². The van der Waals surface area contributed by atoms with Crippen molar-refractivity contribution in [3.05, 3.63) is 71.3 Å². The summed E-state index contributed by atoms with van der Waals surface area (Å²) in [5.74, 6) is -1.68. The third-order valence-corrected chi connectivity index (χ3v) is 7.36. The molecular formula is C26H25NO5. The second kappa shape index (κ2) is 8.01. The van der Waals surface area contributed by atoms with Crippen LogP contribution in [0.1, 0.15) is 40.2 Å². The van der Waals surface area contributed by atoms with Gasteiger partial charge in [-0.2, -0.15) is 0 Å². The average molecular weight is 431 g/mol. The van der Waals surface area contributed by atoms with E-state index >= 15 is 0 Å². The molecular weight excluding hydrogens is 406 g/mol. The SMILES string of the molecule is Cc1ccc(C(=O)COC(=O)CN2C(=O)[C@@H]3[C@@H]4C[C@@H]([C@@H]3C2=O)[C@H](c2ccccc2)C4)cc1. The fourth-order valence-corrected chi connectivity index (χ4v) is 5.90. The molecule has 6 nitrogen and oxygen atoms in total. The van der Waals surface area contributed by atoms with Crippen molar-refractivity contribution in [1.82, 2.24) is 4.90 Å². The monoisotopic (exact) mass is 431 g/mol. The lowest BCUT2D eigenvalue weighted by Crippen LogP contribution is -2.38. The number of Topliss-reactive ketones (excluding diaryl/α,β-unsaturated/α-hetero) is 1. The van der Waals surface area contributed by atoms with Crippen LogP contribution in [0.4, 0.5) is 0 Å². The molecule has 2 aliphatic carbocycles. The standard InChI is InChI=1S/C26H25NO5/c1-15-7-9-17(10-8-15)21(28)14-32-22(29)13-27-25(30)23-18-11-19(16-5-3-2-4-6-16)20(12-18)24(23)26(27)31/h2-10,18-20,23-24H,11-14H2,1H3/t18-,19-,20+,23+,24-/m0/s1. The Morgan fingerprint density at radius 3 is 2.34 bits per heavy atom. The van der Waals surface area contributed by atoms with Gasteiger partial charge in [0.2, 0.25) is 11.8 Å². The normalized spacial score (nSPS) is 28.2. The lowest BCUT2D eigenvalue weighted by Gasteiger charge is -2.28. The van der Waals surface area contributed by atoms with Crippen molar-refractivity contribution in [1.29, 1.82) is 0 Å². The molecule has 1 saturated heterocycles. The van der Waals surface area contributed by atoms with Crippen LogP contribution >= 0.6 is 0 Å². The highest BCUT2D eigenvalue weighted by molar-refractivity contribution is 6.08. The number of aryl methyl sites for hydroxylation is 1. The fourth-order valence-electron chi connectivity index (χ4n) is 5.90. The molecule has 3 aliphatic rings. The summed E-state index contributed by atoms with van der Waals surface area (Å²) in [5, 5.41) is 0. The molecule has 0 spiro atoms.